The highest BCUT2D eigenvalue weighted by Crippen LogP contribution is 2.21. The smallest absolute Gasteiger partial charge is 0.120 e. The molecular weight excluding hydrogens is 170 g/mol. The van der Waals surface area contributed by atoms with Crippen molar-refractivity contribution in [2.45, 2.75) is 32.6 Å². The minimum atomic E-state index is 0.500. The maximum Gasteiger partial charge on any atom is 0.120 e. The zero-order chi connectivity index (χ0) is 8.97. The molecule has 0 saturated heterocycles. The minimum absolute atomic E-state index is 0.500. The van der Waals surface area contributed by atoms with Gasteiger partial charge in [-0.15, -0.1) is 11.3 Å². The first-order valence-electron chi connectivity index (χ1n) is 4.12. The molecule has 0 spiro atoms. The Kier molecular flexibility index (Phi) is 3.41. The van der Waals surface area contributed by atoms with E-state index in [1.807, 2.05) is 6.20 Å². The van der Waals surface area contributed by atoms with E-state index >= 15 is 0 Å². The first kappa shape index (κ1) is 9.39. The van der Waals surface area contributed by atoms with E-state index in [1.54, 1.807) is 11.3 Å². The fraction of sp³-hybridized carbons (Fsp3) is 0.556. The monoisotopic (exact) mass is 183 g/mol. The van der Waals surface area contributed by atoms with E-state index in [4.69, 9.17) is 0 Å². The molecule has 2 nitrogen and oxygen atoms in total. The first-order valence-corrected chi connectivity index (χ1v) is 4.94. The predicted molar refractivity (Wildman–Crippen MR) is 50.6 cm³/mol. The number of aromatic nitrogens is 1. The number of thiazole rings is 1. The number of aryl methyl sites for hydroxylation is 1. The van der Waals surface area contributed by atoms with Gasteiger partial charge < -0.3 is 4.79 Å². The van der Waals surface area contributed by atoms with E-state index in [9.17, 15) is 4.79 Å². The second-order valence-electron chi connectivity index (χ2n) is 3.02. The summed E-state index contributed by atoms with van der Waals surface area (Å²) in [6, 6.07) is 0. The largest absolute Gasteiger partial charge is 0.303 e. The van der Waals surface area contributed by atoms with Gasteiger partial charge in [-0.1, -0.05) is 13.8 Å². The van der Waals surface area contributed by atoms with Crippen molar-refractivity contribution in [2.75, 3.05) is 0 Å². The Labute approximate surface area is 76.6 Å². The molecule has 1 aromatic rings. The Hall–Kier alpha value is -0.700. The van der Waals surface area contributed by atoms with Crippen molar-refractivity contribution in [3.8, 4) is 0 Å². The maximum absolute atomic E-state index is 10.1. The Morgan fingerprint density at radius 1 is 1.67 bits per heavy atom. The summed E-state index contributed by atoms with van der Waals surface area (Å²) in [7, 11) is 0. The molecule has 0 aliphatic carbocycles. The van der Waals surface area contributed by atoms with E-state index in [0.717, 1.165) is 17.7 Å². The molecule has 1 heterocycles. The lowest BCUT2D eigenvalue weighted by atomic mass is 10.2. The molecule has 0 unspecified atom stereocenters. The minimum Gasteiger partial charge on any atom is -0.303 e. The van der Waals surface area contributed by atoms with E-state index < -0.39 is 0 Å². The van der Waals surface area contributed by atoms with Gasteiger partial charge in [0.1, 0.15) is 6.29 Å². The fourth-order valence-electron chi connectivity index (χ4n) is 0.906. The van der Waals surface area contributed by atoms with Gasteiger partial charge in [0.15, 0.2) is 0 Å². The Morgan fingerprint density at radius 3 is 2.92 bits per heavy atom. The van der Waals surface area contributed by atoms with Gasteiger partial charge >= 0.3 is 0 Å². The van der Waals surface area contributed by atoms with Crippen LogP contribution >= 0.6 is 11.3 Å². The van der Waals surface area contributed by atoms with Gasteiger partial charge in [-0.3, -0.25) is 0 Å². The summed E-state index contributed by atoms with van der Waals surface area (Å²) >= 11 is 1.71. The molecule has 3 heteroatoms. The molecule has 0 fully saturated rings. The summed E-state index contributed by atoms with van der Waals surface area (Å²) in [6.45, 7) is 4.25. The van der Waals surface area contributed by atoms with Crippen LogP contribution in [0.5, 0.6) is 0 Å². The van der Waals surface area contributed by atoms with Crippen LogP contribution in [0.25, 0.3) is 0 Å². The maximum atomic E-state index is 10.1. The van der Waals surface area contributed by atoms with Crippen molar-refractivity contribution >= 4 is 17.6 Å². The summed E-state index contributed by atoms with van der Waals surface area (Å²) < 4.78 is 0. The Balaban J connectivity index is 2.58. The van der Waals surface area contributed by atoms with Crippen molar-refractivity contribution in [1.29, 1.82) is 0 Å². The van der Waals surface area contributed by atoms with Crippen molar-refractivity contribution in [2.24, 2.45) is 0 Å². The molecule has 0 radical (unpaired) electrons. The van der Waals surface area contributed by atoms with Gasteiger partial charge in [0.2, 0.25) is 0 Å². The lowest BCUT2D eigenvalue weighted by Crippen LogP contribution is -1.82. The van der Waals surface area contributed by atoms with Crippen LogP contribution in [0.3, 0.4) is 0 Å². The molecule has 0 saturated carbocycles. The van der Waals surface area contributed by atoms with Crippen LogP contribution in [0.4, 0.5) is 0 Å². The van der Waals surface area contributed by atoms with Crippen LogP contribution in [0, 0.1) is 0 Å². The van der Waals surface area contributed by atoms with Crippen molar-refractivity contribution in [1.82, 2.24) is 4.98 Å². The zero-order valence-corrected chi connectivity index (χ0v) is 8.23. The molecule has 0 bridgehead atoms. The zero-order valence-electron chi connectivity index (χ0n) is 7.41. The Morgan fingerprint density at radius 2 is 2.42 bits per heavy atom. The summed E-state index contributed by atoms with van der Waals surface area (Å²) in [5.74, 6) is 0.500. The van der Waals surface area contributed by atoms with Crippen LogP contribution in [-0.4, -0.2) is 11.3 Å². The topological polar surface area (TPSA) is 30.0 Å². The lowest BCUT2D eigenvalue weighted by molar-refractivity contribution is -0.107. The van der Waals surface area contributed by atoms with Crippen LogP contribution < -0.4 is 0 Å². The van der Waals surface area contributed by atoms with Crippen molar-refractivity contribution < 1.29 is 4.79 Å². The van der Waals surface area contributed by atoms with E-state index in [2.05, 4.69) is 18.8 Å². The number of hydrogen-bond acceptors (Lipinski definition) is 3. The number of aldehydes is 1. The third-order valence-electron chi connectivity index (χ3n) is 1.57. The van der Waals surface area contributed by atoms with Gasteiger partial charge in [-0.05, 0) is 6.42 Å². The number of carbonyl (C=O) groups excluding carboxylic acids is 1. The highest BCUT2D eigenvalue weighted by molar-refractivity contribution is 7.11. The van der Waals surface area contributed by atoms with Gasteiger partial charge in [0.05, 0.1) is 5.01 Å². The van der Waals surface area contributed by atoms with E-state index in [1.165, 1.54) is 4.88 Å². The van der Waals surface area contributed by atoms with Gasteiger partial charge in [0, 0.05) is 23.4 Å². The van der Waals surface area contributed by atoms with E-state index in [0.29, 0.717) is 12.3 Å². The highest BCUT2D eigenvalue weighted by Gasteiger charge is 2.04. The van der Waals surface area contributed by atoms with Gasteiger partial charge in [-0.25, -0.2) is 4.98 Å². The molecule has 0 atom stereocenters. The molecule has 0 aromatic carbocycles. The summed E-state index contributed by atoms with van der Waals surface area (Å²) in [4.78, 5) is 15.6. The number of nitrogens with zero attached hydrogens (tertiary/aromatic N) is 1. The van der Waals surface area contributed by atoms with Crippen molar-refractivity contribution in [3.63, 3.8) is 0 Å². The Bertz CT molecular complexity index is 255. The van der Waals surface area contributed by atoms with Crippen LogP contribution in [-0.2, 0) is 11.2 Å². The molecule has 0 aliphatic rings. The molecule has 0 amide bonds. The van der Waals surface area contributed by atoms with E-state index in [-0.39, 0.29) is 0 Å². The number of rotatable bonds is 4. The first-order chi connectivity index (χ1) is 5.74. The molecule has 1 rings (SSSR count). The molecule has 0 aliphatic heterocycles. The number of hydrogen-bond donors (Lipinski definition) is 0. The predicted octanol–water partition coefficient (Wildman–Crippen LogP) is 2.40. The average molecular weight is 183 g/mol. The third-order valence-corrected chi connectivity index (χ3v) is 2.93. The normalized spacial score (nSPS) is 10.6. The van der Waals surface area contributed by atoms with Crippen LogP contribution in [0.15, 0.2) is 6.20 Å². The molecule has 0 N–H and O–H groups in total. The third kappa shape index (κ3) is 2.41. The summed E-state index contributed by atoms with van der Waals surface area (Å²) in [5, 5.41) is 1.16. The molecule has 66 valence electrons. The van der Waals surface area contributed by atoms with Gasteiger partial charge in [0.25, 0.3) is 0 Å². The van der Waals surface area contributed by atoms with Crippen LogP contribution in [0.2, 0.25) is 0 Å². The molecule has 1 aromatic heterocycles. The SMILES string of the molecule is CC(C)c1ncc(CCC=O)s1. The standard InChI is InChI=1S/C9H13NOS/c1-7(2)9-10-6-8(12-9)4-3-5-11/h5-7H,3-4H2,1-2H3. The second-order valence-corrected chi connectivity index (χ2v) is 4.17. The highest BCUT2D eigenvalue weighted by atomic mass is 32.1. The average Bonchev–Trinajstić information content (AvgIpc) is 2.48. The number of carbonyl (C=O) groups is 1. The second kappa shape index (κ2) is 4.36. The van der Waals surface area contributed by atoms with Crippen molar-refractivity contribution in [3.05, 3.63) is 16.1 Å². The van der Waals surface area contributed by atoms with Crippen LogP contribution in [0.1, 0.15) is 36.1 Å². The fourth-order valence-corrected chi connectivity index (χ4v) is 1.84. The lowest BCUT2D eigenvalue weighted by Gasteiger charge is -1.95. The van der Waals surface area contributed by atoms with Gasteiger partial charge in [-0.2, -0.15) is 0 Å². The molecule has 12 heavy (non-hydrogen) atoms. The quantitative estimate of drug-likeness (QED) is 0.671. The summed E-state index contributed by atoms with van der Waals surface area (Å²) in [5.41, 5.74) is 0. The molecular formula is C9H13NOS. The summed E-state index contributed by atoms with van der Waals surface area (Å²) in [6.07, 6.45) is 4.28.